The molecule has 0 aliphatic rings. The van der Waals surface area contributed by atoms with E-state index in [2.05, 4.69) is 31.3 Å². The Bertz CT molecular complexity index is 337. The predicted octanol–water partition coefficient (Wildman–Crippen LogP) is 3.78. The normalized spacial score (nSPS) is 12.9. The van der Waals surface area contributed by atoms with E-state index in [0.717, 1.165) is 37.1 Å². The summed E-state index contributed by atoms with van der Waals surface area (Å²) in [5.41, 5.74) is 1.36. The van der Waals surface area contributed by atoms with Crippen molar-refractivity contribution >= 4 is 11.6 Å². The van der Waals surface area contributed by atoms with Crippen molar-refractivity contribution < 1.29 is 4.74 Å². The number of ether oxygens (including phenoxy) is 1. The molecule has 0 aromatic heterocycles. The average molecular weight is 284 g/mol. The molecule has 0 saturated carbocycles. The number of benzene rings is 1. The molecule has 1 aromatic carbocycles. The number of halogens is 1. The van der Waals surface area contributed by atoms with E-state index in [9.17, 15) is 0 Å². The van der Waals surface area contributed by atoms with Gasteiger partial charge in [-0.3, -0.25) is 0 Å². The van der Waals surface area contributed by atoms with Crippen LogP contribution in [0.25, 0.3) is 0 Å². The minimum absolute atomic E-state index is 0.665. The van der Waals surface area contributed by atoms with Gasteiger partial charge in [0.15, 0.2) is 0 Å². The first-order valence-corrected chi connectivity index (χ1v) is 7.43. The summed E-state index contributed by atoms with van der Waals surface area (Å²) in [5, 5.41) is 4.28. The number of rotatable bonds is 9. The SMILES string of the molecule is COCCNCC(Cc1ccc(Cl)cc1)CC(C)C. The van der Waals surface area contributed by atoms with Crippen molar-refractivity contribution in [2.75, 3.05) is 26.8 Å². The molecule has 1 unspecified atom stereocenters. The zero-order valence-corrected chi connectivity index (χ0v) is 13.0. The van der Waals surface area contributed by atoms with E-state index in [1.807, 2.05) is 12.1 Å². The van der Waals surface area contributed by atoms with Crippen LogP contribution in [0, 0.1) is 11.8 Å². The summed E-state index contributed by atoms with van der Waals surface area (Å²) in [6, 6.07) is 8.21. The topological polar surface area (TPSA) is 21.3 Å². The maximum atomic E-state index is 5.92. The number of hydrogen-bond donors (Lipinski definition) is 1. The molecule has 0 heterocycles. The summed E-state index contributed by atoms with van der Waals surface area (Å²) in [4.78, 5) is 0. The molecular formula is C16H26ClNO. The van der Waals surface area contributed by atoms with Crippen LogP contribution in [0.1, 0.15) is 25.8 Å². The van der Waals surface area contributed by atoms with Gasteiger partial charge in [-0.25, -0.2) is 0 Å². The summed E-state index contributed by atoms with van der Waals surface area (Å²) >= 11 is 5.92. The lowest BCUT2D eigenvalue weighted by molar-refractivity contribution is 0.197. The standard InChI is InChI=1S/C16H26ClNO/c1-13(2)10-15(12-18-8-9-19-3)11-14-4-6-16(17)7-5-14/h4-7,13,15,18H,8-12H2,1-3H3. The lowest BCUT2D eigenvalue weighted by Gasteiger charge is -2.20. The number of nitrogens with one attached hydrogen (secondary N) is 1. The van der Waals surface area contributed by atoms with Crippen LogP contribution < -0.4 is 5.32 Å². The third-order valence-electron chi connectivity index (χ3n) is 3.16. The van der Waals surface area contributed by atoms with Gasteiger partial charge >= 0.3 is 0 Å². The highest BCUT2D eigenvalue weighted by Gasteiger charge is 2.11. The van der Waals surface area contributed by atoms with Gasteiger partial charge in [0.25, 0.3) is 0 Å². The molecular weight excluding hydrogens is 258 g/mol. The fourth-order valence-corrected chi connectivity index (χ4v) is 2.47. The van der Waals surface area contributed by atoms with Gasteiger partial charge in [-0.2, -0.15) is 0 Å². The second kappa shape index (κ2) is 9.35. The van der Waals surface area contributed by atoms with Crippen molar-refractivity contribution in [2.45, 2.75) is 26.7 Å². The molecule has 1 rings (SSSR count). The second-order valence-electron chi connectivity index (χ2n) is 5.52. The maximum Gasteiger partial charge on any atom is 0.0587 e. The number of hydrogen-bond acceptors (Lipinski definition) is 2. The van der Waals surface area contributed by atoms with Crippen molar-refractivity contribution in [3.63, 3.8) is 0 Å². The molecule has 1 aromatic rings. The predicted molar refractivity (Wildman–Crippen MR) is 82.8 cm³/mol. The maximum absolute atomic E-state index is 5.92. The zero-order chi connectivity index (χ0) is 14.1. The Morgan fingerprint density at radius 1 is 1.21 bits per heavy atom. The highest BCUT2D eigenvalue weighted by molar-refractivity contribution is 6.30. The molecule has 0 bridgehead atoms. The molecule has 108 valence electrons. The van der Waals surface area contributed by atoms with Gasteiger partial charge in [0, 0.05) is 18.7 Å². The zero-order valence-electron chi connectivity index (χ0n) is 12.3. The fraction of sp³-hybridized carbons (Fsp3) is 0.625. The molecule has 1 N–H and O–H groups in total. The highest BCUT2D eigenvalue weighted by Crippen LogP contribution is 2.18. The van der Waals surface area contributed by atoms with Crippen molar-refractivity contribution in [3.05, 3.63) is 34.9 Å². The van der Waals surface area contributed by atoms with E-state index < -0.39 is 0 Å². The monoisotopic (exact) mass is 283 g/mol. The average Bonchev–Trinajstić information content (AvgIpc) is 2.36. The molecule has 0 aliphatic carbocycles. The third-order valence-corrected chi connectivity index (χ3v) is 3.41. The summed E-state index contributed by atoms with van der Waals surface area (Å²) in [6.07, 6.45) is 2.35. The molecule has 0 amide bonds. The van der Waals surface area contributed by atoms with Gasteiger partial charge in [0.1, 0.15) is 0 Å². The smallest absolute Gasteiger partial charge is 0.0587 e. The Morgan fingerprint density at radius 3 is 2.47 bits per heavy atom. The lowest BCUT2D eigenvalue weighted by atomic mass is 9.91. The molecule has 0 fully saturated rings. The van der Waals surface area contributed by atoms with Crippen LogP contribution in [0.5, 0.6) is 0 Å². The third kappa shape index (κ3) is 7.56. The largest absolute Gasteiger partial charge is 0.383 e. The summed E-state index contributed by atoms with van der Waals surface area (Å²) in [5.74, 6) is 1.39. The second-order valence-corrected chi connectivity index (χ2v) is 5.96. The molecule has 0 spiro atoms. The van der Waals surface area contributed by atoms with E-state index in [-0.39, 0.29) is 0 Å². The molecule has 3 heteroatoms. The van der Waals surface area contributed by atoms with Crippen LogP contribution in [0.15, 0.2) is 24.3 Å². The minimum atomic E-state index is 0.665. The number of methoxy groups -OCH3 is 1. The first kappa shape index (κ1) is 16.5. The van der Waals surface area contributed by atoms with Crippen molar-refractivity contribution in [1.82, 2.24) is 5.32 Å². The minimum Gasteiger partial charge on any atom is -0.383 e. The van der Waals surface area contributed by atoms with E-state index in [4.69, 9.17) is 16.3 Å². The Morgan fingerprint density at radius 2 is 1.89 bits per heavy atom. The van der Waals surface area contributed by atoms with Crippen LogP contribution in [0.3, 0.4) is 0 Å². The van der Waals surface area contributed by atoms with E-state index in [0.29, 0.717) is 5.92 Å². The quantitative estimate of drug-likeness (QED) is 0.697. The molecule has 1 atom stereocenters. The van der Waals surface area contributed by atoms with E-state index in [1.54, 1.807) is 7.11 Å². The molecule has 19 heavy (non-hydrogen) atoms. The van der Waals surface area contributed by atoms with Gasteiger partial charge in [-0.05, 0) is 48.9 Å². The van der Waals surface area contributed by atoms with E-state index in [1.165, 1.54) is 12.0 Å². The summed E-state index contributed by atoms with van der Waals surface area (Å²) in [6.45, 7) is 7.30. The lowest BCUT2D eigenvalue weighted by Crippen LogP contribution is -2.28. The van der Waals surface area contributed by atoms with Gasteiger partial charge < -0.3 is 10.1 Å². The van der Waals surface area contributed by atoms with Crippen molar-refractivity contribution in [1.29, 1.82) is 0 Å². The van der Waals surface area contributed by atoms with Gasteiger partial charge in [-0.15, -0.1) is 0 Å². The molecule has 2 nitrogen and oxygen atoms in total. The van der Waals surface area contributed by atoms with Crippen LogP contribution in [0.2, 0.25) is 5.02 Å². The Balaban J connectivity index is 2.46. The van der Waals surface area contributed by atoms with Crippen LogP contribution in [-0.4, -0.2) is 26.8 Å². The van der Waals surface area contributed by atoms with Crippen LogP contribution in [-0.2, 0) is 11.2 Å². The first-order chi connectivity index (χ1) is 9.11. The van der Waals surface area contributed by atoms with Crippen molar-refractivity contribution in [3.8, 4) is 0 Å². The van der Waals surface area contributed by atoms with Gasteiger partial charge in [-0.1, -0.05) is 37.6 Å². The molecule has 0 aliphatic heterocycles. The van der Waals surface area contributed by atoms with Crippen LogP contribution in [0.4, 0.5) is 0 Å². The highest BCUT2D eigenvalue weighted by atomic mass is 35.5. The fourth-order valence-electron chi connectivity index (χ4n) is 2.34. The Hall–Kier alpha value is -0.570. The van der Waals surface area contributed by atoms with Crippen molar-refractivity contribution in [2.24, 2.45) is 11.8 Å². The molecule has 0 radical (unpaired) electrons. The summed E-state index contributed by atoms with van der Waals surface area (Å²) < 4.78 is 5.06. The summed E-state index contributed by atoms with van der Waals surface area (Å²) in [7, 11) is 1.74. The van der Waals surface area contributed by atoms with Crippen LogP contribution >= 0.6 is 11.6 Å². The molecule has 0 saturated heterocycles. The Labute approximate surface area is 122 Å². The Kier molecular flexibility index (Phi) is 8.11. The first-order valence-electron chi connectivity index (χ1n) is 7.06. The van der Waals surface area contributed by atoms with Gasteiger partial charge in [0.05, 0.1) is 6.61 Å². The van der Waals surface area contributed by atoms with E-state index >= 15 is 0 Å². The van der Waals surface area contributed by atoms with Gasteiger partial charge in [0.2, 0.25) is 0 Å².